The Morgan fingerprint density at radius 2 is 1.52 bits per heavy atom. The highest BCUT2D eigenvalue weighted by molar-refractivity contribution is 7.83. The molecule has 12 nitrogen and oxygen atoms in total. The molecule has 1 aromatic heterocycles. The van der Waals surface area contributed by atoms with E-state index in [1.807, 2.05) is 42.5 Å². The largest absolute Gasteiger partial charge is 0.368 e. The molecule has 0 spiro atoms. The number of hydrogen-bond acceptors (Lipinski definition) is 7. The molecular formula is C31H37N7O5S. The number of nitrogens with one attached hydrogen (secondary N) is 5. The summed E-state index contributed by atoms with van der Waals surface area (Å²) < 4.78 is -1.74. The van der Waals surface area contributed by atoms with Crippen LogP contribution in [0.4, 0.5) is 0 Å². The predicted octanol–water partition coefficient (Wildman–Crippen LogP) is 0.561. The maximum Gasteiger partial charge on any atom is 0.243 e. The van der Waals surface area contributed by atoms with E-state index in [1.54, 1.807) is 25.3 Å². The molecule has 3 aromatic rings. The number of carbonyl (C=O) groups excluding carboxylic acids is 5. The van der Waals surface area contributed by atoms with Crippen LogP contribution < -0.4 is 27.0 Å². The summed E-state index contributed by atoms with van der Waals surface area (Å²) in [6, 6.07) is 11.9. The van der Waals surface area contributed by atoms with Gasteiger partial charge in [-0.25, -0.2) is 0 Å². The first-order valence-corrected chi connectivity index (χ1v) is 14.7. The summed E-state index contributed by atoms with van der Waals surface area (Å²) in [7, 11) is 1.43. The summed E-state index contributed by atoms with van der Waals surface area (Å²) in [6.07, 6.45) is 2.99. The Balaban J connectivity index is 1.74. The Labute approximate surface area is 260 Å². The number of hydrogen-bond donors (Lipinski definition) is 7. The lowest BCUT2D eigenvalue weighted by molar-refractivity contribution is -0.135. The van der Waals surface area contributed by atoms with Crippen molar-refractivity contribution in [2.75, 3.05) is 7.05 Å². The van der Waals surface area contributed by atoms with Gasteiger partial charge >= 0.3 is 0 Å². The smallest absolute Gasteiger partial charge is 0.243 e. The van der Waals surface area contributed by atoms with E-state index in [9.17, 15) is 24.0 Å². The van der Waals surface area contributed by atoms with E-state index in [2.05, 4.69) is 43.9 Å². The molecule has 2 heterocycles. The number of fused-ring (bicyclic) bond motifs is 1. The zero-order valence-electron chi connectivity index (χ0n) is 24.5. The van der Waals surface area contributed by atoms with Crippen LogP contribution in [0.25, 0.3) is 10.9 Å². The fourth-order valence-electron chi connectivity index (χ4n) is 5.19. The number of nitrogens with zero attached hydrogens (tertiary/aromatic N) is 1. The molecule has 5 atom stereocenters. The summed E-state index contributed by atoms with van der Waals surface area (Å²) >= 11 is 4.57. The number of aromatic amines is 1. The van der Waals surface area contributed by atoms with Gasteiger partial charge in [-0.2, -0.15) is 12.6 Å². The van der Waals surface area contributed by atoms with E-state index in [4.69, 9.17) is 5.73 Å². The van der Waals surface area contributed by atoms with E-state index in [0.717, 1.165) is 22.0 Å². The van der Waals surface area contributed by atoms with Crippen molar-refractivity contribution in [1.82, 2.24) is 26.3 Å². The standard InChI is InChI=1S/C31H37N7O5S/c1-3-21-27(40)36-24(14-19-16-34-22-12-8-7-11-20(19)22)29(42)37-25(26(32)39)15-31(44,17-33-2)30(43)38-23(28(41)35-21)13-18-9-5-4-6-10-18/h4-12,16-17,21,23-25,34,44H,3,13-15H2,1-2H3,(H2,32,39)(H,35,41)(H,36,40)(H,37,42)(H,38,43)/t21-,23+,24-,25-,31?/m0/s1. The highest BCUT2D eigenvalue weighted by atomic mass is 32.1. The van der Waals surface area contributed by atoms with Crippen LogP contribution in [0.2, 0.25) is 0 Å². The fraction of sp³-hybridized carbons (Fsp3) is 0.355. The van der Waals surface area contributed by atoms with Crippen molar-refractivity contribution in [2.45, 2.75) is 61.5 Å². The third-order valence-electron chi connectivity index (χ3n) is 7.59. The van der Waals surface area contributed by atoms with Gasteiger partial charge in [0.25, 0.3) is 0 Å². The number of primary amides is 1. The molecule has 0 radical (unpaired) electrons. The number of nitrogens with two attached hydrogens (primary N) is 1. The average molecular weight is 620 g/mol. The van der Waals surface area contributed by atoms with Crippen LogP contribution in [0.5, 0.6) is 0 Å². The molecule has 7 N–H and O–H groups in total. The molecule has 44 heavy (non-hydrogen) atoms. The molecule has 1 aliphatic rings. The minimum atomic E-state index is -1.74. The zero-order valence-corrected chi connectivity index (χ0v) is 25.4. The number of para-hydroxylation sites is 1. The fourth-order valence-corrected chi connectivity index (χ4v) is 5.56. The first kappa shape index (κ1) is 32.3. The van der Waals surface area contributed by atoms with Crippen LogP contribution in [0.3, 0.4) is 0 Å². The molecular weight excluding hydrogens is 582 g/mol. The zero-order chi connectivity index (χ0) is 31.9. The molecule has 2 aromatic carbocycles. The van der Waals surface area contributed by atoms with Crippen LogP contribution in [0.15, 0.2) is 65.8 Å². The quantitative estimate of drug-likeness (QED) is 0.150. The van der Waals surface area contributed by atoms with Crippen molar-refractivity contribution < 1.29 is 24.0 Å². The van der Waals surface area contributed by atoms with Gasteiger partial charge in [0.15, 0.2) is 0 Å². The normalized spacial score (nSPS) is 25.5. The number of H-pyrrole nitrogens is 1. The second kappa shape index (κ2) is 14.2. The third-order valence-corrected chi connectivity index (χ3v) is 8.09. The Kier molecular flexibility index (Phi) is 10.4. The molecule has 1 saturated heterocycles. The molecule has 0 bridgehead atoms. The Morgan fingerprint density at radius 1 is 0.909 bits per heavy atom. The average Bonchev–Trinajstić information content (AvgIpc) is 3.41. The van der Waals surface area contributed by atoms with Gasteiger partial charge in [-0.1, -0.05) is 55.5 Å². The maximum atomic E-state index is 13.7. The van der Waals surface area contributed by atoms with E-state index in [-0.39, 0.29) is 25.7 Å². The molecule has 232 valence electrons. The van der Waals surface area contributed by atoms with Crippen molar-refractivity contribution in [3.05, 3.63) is 71.9 Å². The minimum Gasteiger partial charge on any atom is -0.368 e. The molecule has 13 heteroatoms. The van der Waals surface area contributed by atoms with E-state index < -0.39 is 58.5 Å². The molecule has 4 rings (SSSR count). The predicted molar refractivity (Wildman–Crippen MR) is 170 cm³/mol. The van der Waals surface area contributed by atoms with Gasteiger partial charge < -0.3 is 32.0 Å². The lowest BCUT2D eigenvalue weighted by atomic mass is 9.95. The van der Waals surface area contributed by atoms with Gasteiger partial charge in [-0.15, -0.1) is 0 Å². The molecule has 0 saturated carbocycles. The van der Waals surface area contributed by atoms with E-state index in [1.165, 1.54) is 13.3 Å². The highest BCUT2D eigenvalue weighted by Crippen LogP contribution is 2.23. The van der Waals surface area contributed by atoms with Crippen LogP contribution in [-0.2, 0) is 36.8 Å². The van der Waals surface area contributed by atoms with Gasteiger partial charge in [-0.3, -0.25) is 29.0 Å². The molecule has 1 unspecified atom stereocenters. The Bertz CT molecular complexity index is 1560. The molecule has 1 fully saturated rings. The summed E-state index contributed by atoms with van der Waals surface area (Å²) in [6.45, 7) is 1.72. The molecule has 5 amide bonds. The van der Waals surface area contributed by atoms with Gasteiger partial charge in [0.1, 0.15) is 28.9 Å². The summed E-state index contributed by atoms with van der Waals surface area (Å²) in [5, 5.41) is 11.7. The van der Waals surface area contributed by atoms with E-state index >= 15 is 0 Å². The number of amides is 5. The van der Waals surface area contributed by atoms with Crippen LogP contribution >= 0.6 is 12.6 Å². The lowest BCUT2D eigenvalue weighted by Crippen LogP contribution is -2.62. The third kappa shape index (κ3) is 7.64. The van der Waals surface area contributed by atoms with Crippen LogP contribution in [-0.4, -0.2) is 76.7 Å². The van der Waals surface area contributed by atoms with Gasteiger partial charge in [0.2, 0.25) is 29.5 Å². The summed E-state index contributed by atoms with van der Waals surface area (Å²) in [4.78, 5) is 74.2. The first-order chi connectivity index (χ1) is 21.0. The number of rotatable bonds is 7. The number of carbonyl (C=O) groups is 5. The van der Waals surface area contributed by atoms with Gasteiger partial charge in [-0.05, 0) is 23.6 Å². The van der Waals surface area contributed by atoms with E-state index in [0.29, 0.717) is 0 Å². The van der Waals surface area contributed by atoms with Gasteiger partial charge in [0.05, 0.1) is 0 Å². The SMILES string of the molecule is CC[C@@H]1NC(=O)[C@@H](Cc2ccccc2)NC(=O)C(S)(C=NC)C[C@@H](C(N)=O)NC(=O)[C@H](Cc2c[nH]c3ccccc23)NC1=O. The second-order valence-corrected chi connectivity index (χ2v) is 11.6. The van der Waals surface area contributed by atoms with Crippen LogP contribution in [0.1, 0.15) is 30.9 Å². The number of aliphatic imine (C=N–C) groups is 1. The first-order valence-electron chi connectivity index (χ1n) is 14.3. The topological polar surface area (TPSA) is 188 Å². The maximum absolute atomic E-state index is 13.7. The molecule has 0 aliphatic carbocycles. The van der Waals surface area contributed by atoms with Crippen molar-refractivity contribution in [1.29, 1.82) is 0 Å². The Hall–Kier alpha value is -4.65. The van der Waals surface area contributed by atoms with Crippen molar-refractivity contribution in [3.63, 3.8) is 0 Å². The molecule has 1 aliphatic heterocycles. The minimum absolute atomic E-state index is 0.0665. The van der Waals surface area contributed by atoms with Crippen molar-refractivity contribution in [2.24, 2.45) is 10.7 Å². The number of benzene rings is 2. The summed E-state index contributed by atoms with van der Waals surface area (Å²) in [5.41, 5.74) is 8.05. The number of thiol groups is 1. The monoisotopic (exact) mass is 619 g/mol. The van der Waals surface area contributed by atoms with Gasteiger partial charge in [0, 0.05) is 49.6 Å². The van der Waals surface area contributed by atoms with Crippen molar-refractivity contribution >= 4 is 59.3 Å². The number of aromatic nitrogens is 1. The highest BCUT2D eigenvalue weighted by Gasteiger charge is 2.41. The van der Waals surface area contributed by atoms with Crippen LogP contribution in [0, 0.1) is 0 Å². The van der Waals surface area contributed by atoms with Crippen molar-refractivity contribution in [3.8, 4) is 0 Å². The second-order valence-electron chi connectivity index (χ2n) is 10.8. The Morgan fingerprint density at radius 3 is 2.20 bits per heavy atom. The summed E-state index contributed by atoms with van der Waals surface area (Å²) in [5.74, 6) is -3.54. The lowest BCUT2D eigenvalue weighted by Gasteiger charge is -2.32.